The summed E-state index contributed by atoms with van der Waals surface area (Å²) in [5, 5.41) is 2.82. The molecule has 0 saturated carbocycles. The van der Waals surface area contributed by atoms with E-state index in [2.05, 4.69) is 15.0 Å². The van der Waals surface area contributed by atoms with Crippen molar-refractivity contribution in [2.24, 2.45) is 0 Å². The maximum atomic E-state index is 12.4. The normalized spacial score (nSPS) is 11.1. The molecule has 0 aliphatic rings. The Hall–Kier alpha value is -2.08. The molecule has 1 aromatic carbocycles. The van der Waals surface area contributed by atoms with Gasteiger partial charge in [0, 0.05) is 18.9 Å². The summed E-state index contributed by atoms with van der Waals surface area (Å²) in [6.45, 7) is 2.02. The molecule has 1 heterocycles. The van der Waals surface area contributed by atoms with E-state index in [1.807, 2.05) is 25.1 Å². The van der Waals surface area contributed by atoms with Crippen molar-refractivity contribution in [1.82, 2.24) is 4.98 Å². The molecular formula is C14H17N3O2S. The first-order chi connectivity index (χ1) is 9.56. The number of hydrogen-bond acceptors (Lipinski definition) is 4. The summed E-state index contributed by atoms with van der Waals surface area (Å²) in [7, 11) is -2.04. The molecule has 1 aromatic heterocycles. The fraction of sp³-hybridized carbons (Fsp3) is 0.214. The summed E-state index contributed by atoms with van der Waals surface area (Å²) in [6, 6.07) is 10.7. The van der Waals surface area contributed by atoms with Gasteiger partial charge in [-0.15, -0.1) is 0 Å². The molecule has 0 amide bonds. The largest absolute Gasteiger partial charge is 0.386 e. The molecule has 20 heavy (non-hydrogen) atoms. The van der Waals surface area contributed by atoms with Gasteiger partial charge in [0.25, 0.3) is 10.0 Å². The second kappa shape index (κ2) is 5.92. The van der Waals surface area contributed by atoms with Gasteiger partial charge in [-0.1, -0.05) is 19.1 Å². The smallest absolute Gasteiger partial charge is 0.281 e. The summed E-state index contributed by atoms with van der Waals surface area (Å²) in [4.78, 5) is 3.95. The molecule has 5 nitrogen and oxygen atoms in total. The zero-order valence-electron chi connectivity index (χ0n) is 11.4. The van der Waals surface area contributed by atoms with Crippen LogP contribution in [0.2, 0.25) is 0 Å². The van der Waals surface area contributed by atoms with Crippen LogP contribution >= 0.6 is 0 Å². The molecule has 6 heteroatoms. The Morgan fingerprint density at radius 3 is 2.70 bits per heavy atom. The van der Waals surface area contributed by atoms with Gasteiger partial charge in [0.1, 0.15) is 0 Å². The van der Waals surface area contributed by atoms with Crippen molar-refractivity contribution >= 4 is 21.4 Å². The number of hydrogen-bond donors (Lipinski definition) is 2. The van der Waals surface area contributed by atoms with Crippen molar-refractivity contribution in [3.8, 4) is 0 Å². The number of rotatable bonds is 5. The molecule has 0 radical (unpaired) electrons. The van der Waals surface area contributed by atoms with E-state index in [0.29, 0.717) is 11.4 Å². The van der Waals surface area contributed by atoms with Crippen LogP contribution in [0.1, 0.15) is 12.5 Å². The standard InChI is InChI=1S/C14H17N3O2S/c1-3-11-6-4-7-12(10-11)17-20(18,19)14-13(15-2)8-5-9-16-14/h4-10,15,17H,3H2,1-2H3. The van der Waals surface area contributed by atoms with Crippen molar-refractivity contribution in [1.29, 1.82) is 0 Å². The minimum Gasteiger partial charge on any atom is -0.386 e. The molecule has 2 rings (SSSR count). The zero-order chi connectivity index (χ0) is 14.6. The summed E-state index contributed by atoms with van der Waals surface area (Å²) in [5.74, 6) is 0. The summed E-state index contributed by atoms with van der Waals surface area (Å²) >= 11 is 0. The SMILES string of the molecule is CCc1cccc(NS(=O)(=O)c2ncccc2NC)c1. The predicted octanol–water partition coefficient (Wildman–Crippen LogP) is 2.49. The minimum atomic E-state index is -3.70. The number of benzene rings is 1. The first kappa shape index (κ1) is 14.3. The van der Waals surface area contributed by atoms with Gasteiger partial charge >= 0.3 is 0 Å². The lowest BCUT2D eigenvalue weighted by molar-refractivity contribution is 0.598. The Balaban J connectivity index is 2.35. The van der Waals surface area contributed by atoms with Gasteiger partial charge in [-0.2, -0.15) is 8.42 Å². The second-order valence-corrected chi connectivity index (χ2v) is 5.86. The van der Waals surface area contributed by atoms with Crippen molar-refractivity contribution < 1.29 is 8.42 Å². The van der Waals surface area contributed by atoms with Gasteiger partial charge in [-0.05, 0) is 36.2 Å². The van der Waals surface area contributed by atoms with E-state index < -0.39 is 10.0 Å². The molecule has 0 aliphatic heterocycles. The third-order valence-corrected chi connectivity index (χ3v) is 4.22. The quantitative estimate of drug-likeness (QED) is 0.888. The molecule has 0 spiro atoms. The Morgan fingerprint density at radius 2 is 2.00 bits per heavy atom. The minimum absolute atomic E-state index is 0.00981. The molecule has 0 atom stereocenters. The average Bonchev–Trinajstić information content (AvgIpc) is 2.47. The van der Waals surface area contributed by atoms with Crippen molar-refractivity contribution in [2.75, 3.05) is 17.1 Å². The lowest BCUT2D eigenvalue weighted by Gasteiger charge is -2.11. The van der Waals surface area contributed by atoms with Gasteiger partial charge in [-0.3, -0.25) is 4.72 Å². The Bertz CT molecular complexity index is 699. The van der Waals surface area contributed by atoms with Crippen molar-refractivity contribution in [3.63, 3.8) is 0 Å². The van der Waals surface area contributed by atoms with Gasteiger partial charge in [0.05, 0.1) is 5.69 Å². The number of aryl methyl sites for hydroxylation is 1. The topological polar surface area (TPSA) is 71.1 Å². The number of nitrogens with one attached hydrogen (secondary N) is 2. The van der Waals surface area contributed by atoms with Crippen LogP contribution in [-0.4, -0.2) is 20.4 Å². The van der Waals surface area contributed by atoms with Gasteiger partial charge in [0.2, 0.25) is 0 Å². The molecule has 2 N–H and O–H groups in total. The van der Waals surface area contributed by atoms with Crippen LogP contribution in [0.15, 0.2) is 47.6 Å². The van der Waals surface area contributed by atoms with Crippen molar-refractivity contribution in [2.45, 2.75) is 18.4 Å². The highest BCUT2D eigenvalue weighted by Crippen LogP contribution is 2.21. The summed E-state index contributed by atoms with van der Waals surface area (Å²) in [5.41, 5.74) is 2.07. The fourth-order valence-corrected chi connectivity index (χ4v) is 3.05. The van der Waals surface area contributed by atoms with Crippen LogP contribution in [0.4, 0.5) is 11.4 Å². The third-order valence-electron chi connectivity index (χ3n) is 2.88. The zero-order valence-corrected chi connectivity index (χ0v) is 12.2. The van der Waals surface area contributed by atoms with Gasteiger partial charge in [0.15, 0.2) is 5.03 Å². The predicted molar refractivity (Wildman–Crippen MR) is 80.4 cm³/mol. The van der Waals surface area contributed by atoms with Crippen LogP contribution in [0.3, 0.4) is 0 Å². The molecule has 0 fully saturated rings. The Morgan fingerprint density at radius 1 is 1.20 bits per heavy atom. The molecular weight excluding hydrogens is 274 g/mol. The monoisotopic (exact) mass is 291 g/mol. The lowest BCUT2D eigenvalue weighted by atomic mass is 10.1. The molecule has 2 aromatic rings. The van der Waals surface area contributed by atoms with E-state index in [4.69, 9.17) is 0 Å². The maximum absolute atomic E-state index is 12.4. The van der Waals surface area contributed by atoms with E-state index in [1.165, 1.54) is 6.20 Å². The molecule has 106 valence electrons. The van der Waals surface area contributed by atoms with Gasteiger partial charge in [-0.25, -0.2) is 4.98 Å². The summed E-state index contributed by atoms with van der Waals surface area (Å²) < 4.78 is 27.3. The van der Waals surface area contributed by atoms with Crippen LogP contribution in [-0.2, 0) is 16.4 Å². The molecule has 0 bridgehead atoms. The highest BCUT2D eigenvalue weighted by atomic mass is 32.2. The van der Waals surface area contributed by atoms with E-state index in [0.717, 1.165) is 12.0 Å². The summed E-state index contributed by atoms with van der Waals surface area (Å²) in [6.07, 6.45) is 2.30. The first-order valence-corrected chi connectivity index (χ1v) is 7.79. The highest BCUT2D eigenvalue weighted by molar-refractivity contribution is 7.92. The van der Waals surface area contributed by atoms with Crippen molar-refractivity contribution in [3.05, 3.63) is 48.2 Å². The fourth-order valence-electron chi connectivity index (χ4n) is 1.85. The number of pyridine rings is 1. The number of nitrogens with zero attached hydrogens (tertiary/aromatic N) is 1. The van der Waals surface area contributed by atoms with Crippen LogP contribution < -0.4 is 10.0 Å². The van der Waals surface area contributed by atoms with E-state index in [-0.39, 0.29) is 5.03 Å². The van der Waals surface area contributed by atoms with Crippen LogP contribution in [0, 0.1) is 0 Å². The Labute approximate surface area is 119 Å². The number of aromatic nitrogens is 1. The number of anilines is 2. The highest BCUT2D eigenvalue weighted by Gasteiger charge is 2.19. The second-order valence-electron chi connectivity index (χ2n) is 4.27. The van der Waals surface area contributed by atoms with Crippen LogP contribution in [0.5, 0.6) is 0 Å². The maximum Gasteiger partial charge on any atom is 0.281 e. The molecule has 0 aliphatic carbocycles. The third kappa shape index (κ3) is 3.08. The molecule has 0 saturated heterocycles. The Kier molecular flexibility index (Phi) is 4.24. The average molecular weight is 291 g/mol. The molecule has 0 unspecified atom stereocenters. The van der Waals surface area contributed by atoms with Crippen LogP contribution in [0.25, 0.3) is 0 Å². The van der Waals surface area contributed by atoms with Gasteiger partial charge < -0.3 is 5.32 Å². The number of sulfonamides is 1. The van der Waals surface area contributed by atoms with E-state index in [9.17, 15) is 8.42 Å². The first-order valence-electron chi connectivity index (χ1n) is 6.31. The van der Waals surface area contributed by atoms with E-state index in [1.54, 1.807) is 25.2 Å². The lowest BCUT2D eigenvalue weighted by Crippen LogP contribution is -2.16. The van der Waals surface area contributed by atoms with E-state index >= 15 is 0 Å².